The van der Waals surface area contributed by atoms with Gasteiger partial charge in [0.1, 0.15) is 5.60 Å². The molecule has 8 heteroatoms. The molecule has 1 heterocycles. The summed E-state index contributed by atoms with van der Waals surface area (Å²) in [5.41, 5.74) is 0.412. The van der Waals surface area contributed by atoms with Crippen LogP contribution in [-0.4, -0.2) is 46.9 Å². The molecule has 3 N–H and O–H groups in total. The van der Waals surface area contributed by atoms with E-state index in [1.807, 2.05) is 62.5 Å². The maximum atomic E-state index is 12.2. The largest absolute Gasteiger partial charge is 0.465 e. The van der Waals surface area contributed by atoms with Crippen LogP contribution in [0, 0.1) is 0 Å². The van der Waals surface area contributed by atoms with Gasteiger partial charge in [-0.2, -0.15) is 0 Å². The van der Waals surface area contributed by atoms with Crippen LogP contribution in [0.4, 0.5) is 9.59 Å². The fourth-order valence-corrected chi connectivity index (χ4v) is 3.90. The van der Waals surface area contributed by atoms with Gasteiger partial charge in [0.25, 0.3) is 0 Å². The Balaban J connectivity index is 1.82. The molecule has 7 nitrogen and oxygen atoms in total. The van der Waals surface area contributed by atoms with Crippen LogP contribution >= 0.6 is 11.3 Å². The number of hydrogen-bond donors (Lipinski definition) is 3. The van der Waals surface area contributed by atoms with Crippen molar-refractivity contribution < 1.29 is 19.4 Å². The standard InChI is InChI=1S/C24H35N3O4S/c1-24(2,3)31-22(28)26-20(16-25-17-21-13-9-15-32-21)12-7-8-14-27(23(29)30)18-19-10-5-4-6-11-19/h4-6,9-11,13,15,20,25H,7-8,12,14,16-18H2,1-3H3,(H,26,28)(H,29,30)/t20-/m0/s1. The van der Waals surface area contributed by atoms with Crippen molar-refractivity contribution >= 4 is 23.5 Å². The number of thiophene rings is 1. The van der Waals surface area contributed by atoms with Crippen molar-refractivity contribution in [1.29, 1.82) is 0 Å². The van der Waals surface area contributed by atoms with Crippen molar-refractivity contribution in [1.82, 2.24) is 15.5 Å². The molecule has 0 saturated carbocycles. The van der Waals surface area contributed by atoms with Gasteiger partial charge in [0.15, 0.2) is 0 Å². The zero-order chi connectivity index (χ0) is 23.4. The molecule has 0 spiro atoms. The highest BCUT2D eigenvalue weighted by molar-refractivity contribution is 7.09. The summed E-state index contributed by atoms with van der Waals surface area (Å²) >= 11 is 1.69. The summed E-state index contributed by atoms with van der Waals surface area (Å²) in [4.78, 5) is 26.5. The highest BCUT2D eigenvalue weighted by Gasteiger charge is 2.20. The van der Waals surface area contributed by atoms with Gasteiger partial charge in [0, 0.05) is 37.1 Å². The number of hydrogen-bond acceptors (Lipinski definition) is 5. The van der Waals surface area contributed by atoms with Gasteiger partial charge in [0.2, 0.25) is 0 Å². The lowest BCUT2D eigenvalue weighted by atomic mass is 10.1. The summed E-state index contributed by atoms with van der Waals surface area (Å²) in [5.74, 6) is 0. The zero-order valence-electron chi connectivity index (χ0n) is 19.2. The van der Waals surface area contributed by atoms with E-state index in [-0.39, 0.29) is 6.04 Å². The topological polar surface area (TPSA) is 90.9 Å². The van der Waals surface area contributed by atoms with Crippen molar-refractivity contribution in [3.8, 4) is 0 Å². The average molecular weight is 462 g/mol. The number of benzene rings is 1. The fraction of sp³-hybridized carbons (Fsp3) is 0.500. The van der Waals surface area contributed by atoms with E-state index in [1.165, 1.54) is 9.78 Å². The van der Waals surface area contributed by atoms with Crippen molar-refractivity contribution in [2.75, 3.05) is 13.1 Å². The molecular formula is C24H35N3O4S. The molecule has 2 rings (SSSR count). The van der Waals surface area contributed by atoms with E-state index in [2.05, 4.69) is 16.7 Å². The molecule has 0 unspecified atom stereocenters. The average Bonchev–Trinajstić information content (AvgIpc) is 3.22. The van der Waals surface area contributed by atoms with E-state index in [4.69, 9.17) is 4.74 Å². The highest BCUT2D eigenvalue weighted by Crippen LogP contribution is 2.11. The van der Waals surface area contributed by atoms with Gasteiger partial charge in [-0.25, -0.2) is 9.59 Å². The summed E-state index contributed by atoms with van der Waals surface area (Å²) < 4.78 is 5.40. The first-order chi connectivity index (χ1) is 15.2. The van der Waals surface area contributed by atoms with E-state index in [0.717, 1.165) is 31.4 Å². The normalized spacial score (nSPS) is 12.2. The fourth-order valence-electron chi connectivity index (χ4n) is 3.22. The predicted molar refractivity (Wildman–Crippen MR) is 128 cm³/mol. The summed E-state index contributed by atoms with van der Waals surface area (Å²) in [7, 11) is 0. The Morgan fingerprint density at radius 3 is 2.50 bits per heavy atom. The summed E-state index contributed by atoms with van der Waals surface area (Å²) in [6, 6.07) is 13.6. The number of alkyl carbamates (subject to hydrolysis) is 1. The van der Waals surface area contributed by atoms with Gasteiger partial charge in [-0.15, -0.1) is 11.3 Å². The van der Waals surface area contributed by atoms with Crippen LogP contribution in [0.15, 0.2) is 47.8 Å². The molecule has 1 aromatic heterocycles. The Labute approximate surface area is 194 Å². The first-order valence-corrected chi connectivity index (χ1v) is 11.9. The van der Waals surface area contributed by atoms with Crippen LogP contribution in [0.5, 0.6) is 0 Å². The Kier molecular flexibility index (Phi) is 10.5. The molecule has 2 aromatic rings. The van der Waals surface area contributed by atoms with E-state index in [1.54, 1.807) is 11.3 Å². The lowest BCUT2D eigenvalue weighted by Crippen LogP contribution is -2.44. The number of ether oxygens (including phenoxy) is 1. The molecule has 0 aliphatic carbocycles. The minimum Gasteiger partial charge on any atom is -0.465 e. The van der Waals surface area contributed by atoms with E-state index < -0.39 is 17.8 Å². The maximum Gasteiger partial charge on any atom is 0.407 e. The second-order valence-electron chi connectivity index (χ2n) is 8.74. The van der Waals surface area contributed by atoms with Crippen LogP contribution in [-0.2, 0) is 17.8 Å². The van der Waals surface area contributed by atoms with Crippen molar-refractivity contribution in [2.24, 2.45) is 0 Å². The molecule has 32 heavy (non-hydrogen) atoms. The first-order valence-electron chi connectivity index (χ1n) is 11.0. The number of unbranched alkanes of at least 4 members (excludes halogenated alkanes) is 1. The molecule has 0 bridgehead atoms. The van der Waals surface area contributed by atoms with Gasteiger partial charge >= 0.3 is 12.2 Å². The van der Waals surface area contributed by atoms with Crippen LogP contribution in [0.2, 0.25) is 0 Å². The number of rotatable bonds is 12. The molecule has 0 radical (unpaired) electrons. The molecule has 0 saturated heterocycles. The van der Waals surface area contributed by atoms with Gasteiger partial charge in [-0.1, -0.05) is 36.4 Å². The van der Waals surface area contributed by atoms with Crippen LogP contribution in [0.1, 0.15) is 50.5 Å². The van der Waals surface area contributed by atoms with Crippen LogP contribution < -0.4 is 10.6 Å². The van der Waals surface area contributed by atoms with Gasteiger partial charge in [0.05, 0.1) is 0 Å². The first kappa shape index (κ1) is 25.7. The third-order valence-corrected chi connectivity index (χ3v) is 5.58. The Morgan fingerprint density at radius 1 is 1.12 bits per heavy atom. The SMILES string of the molecule is CC(C)(C)OC(=O)N[C@@H](CCCCN(Cc1ccccc1)C(=O)O)CNCc1cccs1. The van der Waals surface area contributed by atoms with Gasteiger partial charge in [-0.3, -0.25) is 0 Å². The van der Waals surface area contributed by atoms with Crippen LogP contribution in [0.25, 0.3) is 0 Å². The molecular weight excluding hydrogens is 426 g/mol. The molecule has 0 fully saturated rings. The number of carbonyl (C=O) groups excluding carboxylic acids is 1. The van der Waals surface area contributed by atoms with E-state index >= 15 is 0 Å². The minimum absolute atomic E-state index is 0.0998. The number of nitrogens with zero attached hydrogens (tertiary/aromatic N) is 1. The van der Waals surface area contributed by atoms with Crippen molar-refractivity contribution in [3.63, 3.8) is 0 Å². The van der Waals surface area contributed by atoms with E-state index in [0.29, 0.717) is 19.6 Å². The Bertz CT molecular complexity index is 806. The number of nitrogens with one attached hydrogen (secondary N) is 2. The molecule has 0 aliphatic rings. The monoisotopic (exact) mass is 461 g/mol. The van der Waals surface area contributed by atoms with E-state index in [9.17, 15) is 14.7 Å². The van der Waals surface area contributed by atoms with Gasteiger partial charge < -0.3 is 25.4 Å². The maximum absolute atomic E-state index is 12.2. The Hall–Kier alpha value is -2.58. The minimum atomic E-state index is -0.921. The summed E-state index contributed by atoms with van der Waals surface area (Å²) in [5, 5.41) is 17.9. The second kappa shape index (κ2) is 13.1. The summed E-state index contributed by atoms with van der Waals surface area (Å²) in [6.45, 7) is 7.69. The lowest BCUT2D eigenvalue weighted by molar-refractivity contribution is 0.0500. The number of carbonyl (C=O) groups is 2. The third kappa shape index (κ3) is 10.6. The lowest BCUT2D eigenvalue weighted by Gasteiger charge is -2.24. The number of amides is 2. The van der Waals surface area contributed by atoms with Crippen molar-refractivity contribution in [3.05, 3.63) is 58.3 Å². The third-order valence-electron chi connectivity index (χ3n) is 4.71. The van der Waals surface area contributed by atoms with Crippen molar-refractivity contribution in [2.45, 2.75) is 64.8 Å². The predicted octanol–water partition coefficient (Wildman–Crippen LogP) is 5.08. The molecule has 2 amide bonds. The zero-order valence-corrected chi connectivity index (χ0v) is 20.0. The Morgan fingerprint density at radius 2 is 1.88 bits per heavy atom. The second-order valence-corrected chi connectivity index (χ2v) is 9.77. The highest BCUT2D eigenvalue weighted by atomic mass is 32.1. The smallest absolute Gasteiger partial charge is 0.407 e. The molecule has 0 aliphatic heterocycles. The molecule has 176 valence electrons. The summed E-state index contributed by atoms with van der Waals surface area (Å²) in [6.07, 6.45) is 0.887. The molecule has 1 aromatic carbocycles. The van der Waals surface area contributed by atoms with Gasteiger partial charge in [-0.05, 0) is 57.0 Å². The van der Waals surface area contributed by atoms with Crippen LogP contribution in [0.3, 0.4) is 0 Å². The quantitative estimate of drug-likeness (QED) is 0.383. The number of carboxylic acid groups (broad SMARTS) is 1. The molecule has 1 atom stereocenters.